The van der Waals surface area contributed by atoms with Crippen LogP contribution < -0.4 is 0 Å². The second kappa shape index (κ2) is 6.03. The fourth-order valence-corrected chi connectivity index (χ4v) is 1.36. The number of hydrogen-bond acceptors (Lipinski definition) is 5. The molecule has 1 heterocycles. The van der Waals surface area contributed by atoms with Crippen LogP contribution in [0, 0.1) is 0 Å². The van der Waals surface area contributed by atoms with Crippen LogP contribution in [-0.4, -0.2) is 35.4 Å². The second-order valence-corrected chi connectivity index (χ2v) is 3.56. The summed E-state index contributed by atoms with van der Waals surface area (Å²) >= 11 is 0. The van der Waals surface area contributed by atoms with Crippen molar-refractivity contribution in [1.82, 2.24) is 9.88 Å². The average molecular weight is 240 g/mol. The molecular formula is C11H16N2O4. The third kappa shape index (κ3) is 3.58. The molecule has 0 saturated heterocycles. The molecule has 6 heteroatoms. The van der Waals surface area contributed by atoms with Gasteiger partial charge in [0, 0.05) is 13.5 Å². The predicted octanol–water partition coefficient (Wildman–Crippen LogP) is 1.22. The summed E-state index contributed by atoms with van der Waals surface area (Å²) in [5, 5.41) is 0. The van der Waals surface area contributed by atoms with Gasteiger partial charge in [0.05, 0.1) is 13.7 Å². The molecule has 0 spiro atoms. The van der Waals surface area contributed by atoms with Crippen LogP contribution in [-0.2, 0) is 16.1 Å². The monoisotopic (exact) mass is 240 g/mol. The number of aromatic nitrogens is 1. The molecule has 0 N–H and O–H groups in total. The van der Waals surface area contributed by atoms with Crippen LogP contribution in [0.2, 0.25) is 0 Å². The predicted molar refractivity (Wildman–Crippen MR) is 59.2 cm³/mol. The molecular weight excluding hydrogens is 224 g/mol. The average Bonchev–Trinajstić information content (AvgIpc) is 2.76. The van der Waals surface area contributed by atoms with E-state index in [4.69, 9.17) is 4.42 Å². The lowest BCUT2D eigenvalue weighted by molar-refractivity contribution is -0.129. The number of rotatable bonds is 5. The topological polar surface area (TPSA) is 72.6 Å². The maximum absolute atomic E-state index is 11.3. The molecule has 1 rings (SSSR count). The molecule has 1 amide bonds. The number of carbonyl (C=O) groups excluding carboxylic acids is 2. The molecule has 1 aromatic rings. The summed E-state index contributed by atoms with van der Waals surface area (Å²) in [7, 11) is 1.27. The zero-order valence-corrected chi connectivity index (χ0v) is 10.2. The maximum Gasteiger partial charge on any atom is 0.360 e. The molecule has 0 unspecified atom stereocenters. The summed E-state index contributed by atoms with van der Waals surface area (Å²) in [5.74, 6) is -0.274. The van der Waals surface area contributed by atoms with E-state index in [0.29, 0.717) is 12.4 Å². The number of oxazole rings is 1. The molecule has 0 aromatic carbocycles. The van der Waals surface area contributed by atoms with Crippen LogP contribution in [0.25, 0.3) is 0 Å². The number of esters is 1. The number of carbonyl (C=O) groups is 2. The van der Waals surface area contributed by atoms with E-state index in [0.717, 1.165) is 6.42 Å². The fourth-order valence-electron chi connectivity index (χ4n) is 1.36. The highest BCUT2D eigenvalue weighted by atomic mass is 16.5. The quantitative estimate of drug-likeness (QED) is 0.723. The largest absolute Gasteiger partial charge is 0.464 e. The van der Waals surface area contributed by atoms with Gasteiger partial charge in [0.25, 0.3) is 0 Å². The van der Waals surface area contributed by atoms with Crippen LogP contribution >= 0.6 is 0 Å². The molecule has 6 nitrogen and oxygen atoms in total. The van der Waals surface area contributed by atoms with Crippen molar-refractivity contribution in [2.45, 2.75) is 26.8 Å². The number of amides is 1. The van der Waals surface area contributed by atoms with Gasteiger partial charge in [0.2, 0.25) is 11.8 Å². The lowest BCUT2D eigenvalue weighted by Crippen LogP contribution is -2.29. The molecule has 0 aliphatic heterocycles. The Balaban J connectivity index is 2.70. The van der Waals surface area contributed by atoms with Crippen molar-refractivity contribution in [1.29, 1.82) is 0 Å². The van der Waals surface area contributed by atoms with Gasteiger partial charge in [-0.1, -0.05) is 6.92 Å². The van der Waals surface area contributed by atoms with Crippen molar-refractivity contribution >= 4 is 11.9 Å². The highest BCUT2D eigenvalue weighted by molar-refractivity contribution is 5.86. The Morgan fingerprint density at radius 3 is 2.76 bits per heavy atom. The van der Waals surface area contributed by atoms with Crippen molar-refractivity contribution in [3.63, 3.8) is 0 Å². The van der Waals surface area contributed by atoms with E-state index < -0.39 is 5.97 Å². The zero-order valence-electron chi connectivity index (χ0n) is 10.2. The minimum absolute atomic E-state index is 0.0512. The third-order valence-corrected chi connectivity index (χ3v) is 2.21. The Bertz CT molecular complexity index is 400. The highest BCUT2D eigenvalue weighted by Crippen LogP contribution is 2.07. The van der Waals surface area contributed by atoms with E-state index in [1.165, 1.54) is 20.3 Å². The lowest BCUT2D eigenvalue weighted by atomic mass is 10.4. The number of hydrogen-bond donors (Lipinski definition) is 0. The summed E-state index contributed by atoms with van der Waals surface area (Å²) in [6.07, 6.45) is 2.08. The van der Waals surface area contributed by atoms with Gasteiger partial charge >= 0.3 is 5.97 Å². The first-order valence-electron chi connectivity index (χ1n) is 5.36. The van der Waals surface area contributed by atoms with Crippen molar-refractivity contribution < 1.29 is 18.7 Å². The Morgan fingerprint density at radius 1 is 1.53 bits per heavy atom. The first-order valence-corrected chi connectivity index (χ1v) is 5.36. The van der Waals surface area contributed by atoms with Gasteiger partial charge in [-0.25, -0.2) is 9.78 Å². The minimum atomic E-state index is -0.551. The number of nitrogens with zero attached hydrogens (tertiary/aromatic N) is 2. The molecule has 0 saturated carbocycles. The smallest absolute Gasteiger partial charge is 0.360 e. The van der Waals surface area contributed by atoms with Crippen LogP contribution in [0.5, 0.6) is 0 Å². The Hall–Kier alpha value is -1.85. The normalized spacial score (nSPS) is 10.1. The summed E-state index contributed by atoms with van der Waals surface area (Å²) in [6.45, 7) is 4.36. The molecule has 17 heavy (non-hydrogen) atoms. The van der Waals surface area contributed by atoms with Crippen LogP contribution in [0.15, 0.2) is 10.7 Å². The third-order valence-electron chi connectivity index (χ3n) is 2.21. The standard InChI is InChI=1S/C11H16N2O4/c1-4-5-13(8(2)14)6-10-12-9(7-17-10)11(15)16-3/h7H,4-6H2,1-3H3. The second-order valence-electron chi connectivity index (χ2n) is 3.56. The van der Waals surface area contributed by atoms with Crippen LogP contribution in [0.4, 0.5) is 0 Å². The molecule has 1 aromatic heterocycles. The molecule has 0 aliphatic rings. The van der Waals surface area contributed by atoms with E-state index in [1.54, 1.807) is 4.90 Å². The summed E-state index contributed by atoms with van der Waals surface area (Å²) in [5.41, 5.74) is 0.113. The van der Waals surface area contributed by atoms with Crippen molar-refractivity contribution in [3.8, 4) is 0 Å². The molecule has 0 radical (unpaired) electrons. The lowest BCUT2D eigenvalue weighted by Gasteiger charge is -2.17. The van der Waals surface area contributed by atoms with Gasteiger partial charge < -0.3 is 14.1 Å². The van der Waals surface area contributed by atoms with Gasteiger partial charge in [-0.3, -0.25) is 4.79 Å². The van der Waals surface area contributed by atoms with Crippen molar-refractivity contribution in [2.75, 3.05) is 13.7 Å². The summed E-state index contributed by atoms with van der Waals surface area (Å²) in [4.78, 5) is 28.0. The Kier molecular flexibility index (Phi) is 4.68. The SMILES string of the molecule is CCCN(Cc1nc(C(=O)OC)co1)C(C)=O. The van der Waals surface area contributed by atoms with Gasteiger partial charge in [-0.2, -0.15) is 0 Å². The van der Waals surface area contributed by atoms with Crippen LogP contribution in [0.1, 0.15) is 36.6 Å². The van der Waals surface area contributed by atoms with Crippen molar-refractivity contribution in [3.05, 3.63) is 17.8 Å². The number of ether oxygens (including phenoxy) is 1. The molecule has 0 fully saturated rings. The first-order chi connectivity index (χ1) is 8.08. The maximum atomic E-state index is 11.3. The van der Waals surface area contributed by atoms with E-state index in [9.17, 15) is 9.59 Å². The van der Waals surface area contributed by atoms with Crippen LogP contribution in [0.3, 0.4) is 0 Å². The molecule has 0 atom stereocenters. The Morgan fingerprint density at radius 2 is 2.24 bits per heavy atom. The zero-order chi connectivity index (χ0) is 12.8. The van der Waals surface area contributed by atoms with E-state index in [2.05, 4.69) is 9.72 Å². The van der Waals surface area contributed by atoms with Gasteiger partial charge in [0.1, 0.15) is 6.26 Å². The molecule has 0 bridgehead atoms. The fraction of sp³-hybridized carbons (Fsp3) is 0.545. The number of methoxy groups -OCH3 is 1. The van der Waals surface area contributed by atoms with E-state index in [-0.39, 0.29) is 18.1 Å². The Labute approximate surface area is 99.6 Å². The highest BCUT2D eigenvalue weighted by Gasteiger charge is 2.15. The van der Waals surface area contributed by atoms with E-state index >= 15 is 0 Å². The summed E-state index contributed by atoms with van der Waals surface area (Å²) in [6, 6.07) is 0. The minimum Gasteiger partial charge on any atom is -0.464 e. The molecule has 94 valence electrons. The van der Waals surface area contributed by atoms with Gasteiger partial charge in [-0.15, -0.1) is 0 Å². The molecule has 0 aliphatic carbocycles. The van der Waals surface area contributed by atoms with E-state index in [1.807, 2.05) is 6.92 Å². The van der Waals surface area contributed by atoms with Gasteiger partial charge in [0.15, 0.2) is 5.69 Å². The summed E-state index contributed by atoms with van der Waals surface area (Å²) < 4.78 is 9.62. The van der Waals surface area contributed by atoms with Crippen molar-refractivity contribution in [2.24, 2.45) is 0 Å². The first kappa shape index (κ1) is 13.2. The van der Waals surface area contributed by atoms with Gasteiger partial charge in [-0.05, 0) is 6.42 Å².